The van der Waals surface area contributed by atoms with Crippen LogP contribution in [0.1, 0.15) is 41.5 Å². The predicted octanol–water partition coefficient (Wildman–Crippen LogP) is 2.85. The molecule has 38 heavy (non-hydrogen) atoms. The molecule has 1 aliphatic heterocycles. The van der Waals surface area contributed by atoms with Gasteiger partial charge in [0, 0.05) is 25.7 Å². The maximum absolute atomic E-state index is 12.8. The Kier molecular flexibility index (Phi) is 9.85. The summed E-state index contributed by atoms with van der Waals surface area (Å²) in [6.07, 6.45) is -4.98. The summed E-state index contributed by atoms with van der Waals surface area (Å²) in [6, 6.07) is 14.5. The summed E-state index contributed by atoms with van der Waals surface area (Å²) in [7, 11) is 0. The van der Waals surface area contributed by atoms with E-state index >= 15 is 0 Å². The van der Waals surface area contributed by atoms with Crippen molar-refractivity contribution in [3.05, 3.63) is 65.7 Å². The van der Waals surface area contributed by atoms with Crippen LogP contribution in [0.3, 0.4) is 0 Å². The molecule has 0 amide bonds. The van der Waals surface area contributed by atoms with Crippen LogP contribution in [0.4, 0.5) is 0 Å². The van der Waals surface area contributed by atoms with Crippen molar-refractivity contribution < 1.29 is 52.8 Å². The zero-order valence-corrected chi connectivity index (χ0v) is 21.5. The van der Waals surface area contributed by atoms with Gasteiger partial charge in [0.05, 0.1) is 11.1 Å². The third-order valence-electron chi connectivity index (χ3n) is 5.25. The van der Waals surface area contributed by atoms with Gasteiger partial charge in [0.1, 0.15) is 18.1 Å². The van der Waals surface area contributed by atoms with Gasteiger partial charge in [0.25, 0.3) is 0 Å². The third kappa shape index (κ3) is 7.56. The Morgan fingerprint density at radius 1 is 0.763 bits per heavy atom. The first-order valence-corrected chi connectivity index (χ1v) is 12.3. The van der Waals surface area contributed by atoms with E-state index in [-0.39, 0.29) is 11.1 Å². The number of aromatic carboxylic acids is 1. The van der Waals surface area contributed by atoms with Gasteiger partial charge in [-0.05, 0) is 24.3 Å². The van der Waals surface area contributed by atoms with Crippen LogP contribution in [0.2, 0.25) is 0 Å². The van der Waals surface area contributed by atoms with Crippen molar-refractivity contribution in [3.63, 3.8) is 0 Å². The Labute approximate surface area is 222 Å². The molecule has 1 N–H and O–H groups in total. The Morgan fingerprint density at radius 3 is 1.87 bits per heavy atom. The first-order valence-electron chi connectivity index (χ1n) is 11.4. The maximum Gasteiger partial charge on any atom is 0.339 e. The first-order chi connectivity index (χ1) is 18.1. The monoisotopic (exact) mass is 546 g/mol. The lowest BCUT2D eigenvalue weighted by Gasteiger charge is -2.44. The molecule has 12 heteroatoms. The van der Waals surface area contributed by atoms with Crippen molar-refractivity contribution in [1.29, 1.82) is 0 Å². The number of carbonyl (C=O) groups excluding carboxylic acids is 4. The standard InChI is InChI=1S/C26H26O11S/c1-14(27)34-21-20(13-33-25(32)19-12-8-7-11-18(19)24(30)31)37-26(38-17-9-5-4-6-10-17)23(36-16(3)29)22(21)35-15(2)28/h4-12,20-23,26H,13H2,1-3H3,(H,30,31)/t20-,21-,22+,23+,26-/m1/s1. The number of benzene rings is 2. The molecule has 0 bridgehead atoms. The molecule has 2 aromatic carbocycles. The second-order valence-corrected chi connectivity index (χ2v) is 9.32. The topological polar surface area (TPSA) is 152 Å². The van der Waals surface area contributed by atoms with Gasteiger partial charge in [-0.25, -0.2) is 9.59 Å². The van der Waals surface area contributed by atoms with Crippen LogP contribution < -0.4 is 0 Å². The molecule has 11 nitrogen and oxygen atoms in total. The molecule has 5 atom stereocenters. The van der Waals surface area contributed by atoms with Crippen LogP contribution in [0, 0.1) is 0 Å². The fourth-order valence-corrected chi connectivity index (χ4v) is 4.93. The number of hydrogen-bond acceptors (Lipinski definition) is 11. The molecular weight excluding hydrogens is 520 g/mol. The van der Waals surface area contributed by atoms with E-state index < -0.39 is 66.3 Å². The lowest BCUT2D eigenvalue weighted by Crippen LogP contribution is -2.61. The summed E-state index contributed by atoms with van der Waals surface area (Å²) in [6.45, 7) is 2.94. The first kappa shape index (κ1) is 28.7. The predicted molar refractivity (Wildman–Crippen MR) is 131 cm³/mol. The molecule has 0 aromatic heterocycles. The fourth-order valence-electron chi connectivity index (χ4n) is 3.80. The zero-order chi connectivity index (χ0) is 27.8. The van der Waals surface area contributed by atoms with Gasteiger partial charge >= 0.3 is 29.8 Å². The van der Waals surface area contributed by atoms with Crippen molar-refractivity contribution >= 4 is 41.6 Å². The molecule has 0 radical (unpaired) electrons. The number of rotatable bonds is 9. The highest BCUT2D eigenvalue weighted by Gasteiger charge is 2.52. The summed E-state index contributed by atoms with van der Waals surface area (Å²) in [5.41, 5.74) is -1.42. The van der Waals surface area contributed by atoms with E-state index in [9.17, 15) is 29.1 Å². The Hall–Kier alpha value is -3.90. The van der Waals surface area contributed by atoms with E-state index in [0.29, 0.717) is 0 Å². The number of hydrogen-bond donors (Lipinski definition) is 1. The lowest BCUT2D eigenvalue weighted by atomic mass is 9.99. The van der Waals surface area contributed by atoms with Gasteiger partial charge in [-0.15, -0.1) is 0 Å². The highest BCUT2D eigenvalue weighted by atomic mass is 32.2. The van der Waals surface area contributed by atoms with Crippen molar-refractivity contribution in [2.75, 3.05) is 6.61 Å². The molecule has 0 aliphatic carbocycles. The second kappa shape index (κ2) is 13.1. The molecule has 0 spiro atoms. The Bertz CT molecular complexity index is 1180. The minimum Gasteiger partial charge on any atom is -0.478 e. The molecule has 2 aromatic rings. The van der Waals surface area contributed by atoms with Crippen molar-refractivity contribution in [1.82, 2.24) is 0 Å². The summed E-state index contributed by atoms with van der Waals surface area (Å²) < 4.78 is 27.8. The van der Waals surface area contributed by atoms with E-state index in [0.717, 1.165) is 30.5 Å². The average Bonchev–Trinajstić information content (AvgIpc) is 2.86. The van der Waals surface area contributed by atoms with Crippen molar-refractivity contribution in [2.45, 2.75) is 55.5 Å². The smallest absolute Gasteiger partial charge is 0.339 e. The van der Waals surface area contributed by atoms with Gasteiger partial charge in [-0.1, -0.05) is 42.1 Å². The maximum atomic E-state index is 12.8. The molecule has 0 unspecified atom stereocenters. The summed E-state index contributed by atoms with van der Waals surface area (Å²) >= 11 is 1.16. The molecule has 202 valence electrons. The van der Waals surface area contributed by atoms with E-state index in [4.69, 9.17) is 23.7 Å². The highest BCUT2D eigenvalue weighted by Crippen LogP contribution is 2.37. The normalized spacial score (nSPS) is 22.6. The van der Waals surface area contributed by atoms with Crippen molar-refractivity contribution in [3.8, 4) is 0 Å². The van der Waals surface area contributed by atoms with Crippen LogP contribution in [-0.2, 0) is 38.1 Å². The minimum absolute atomic E-state index is 0.190. The average molecular weight is 547 g/mol. The summed E-state index contributed by atoms with van der Waals surface area (Å²) in [5, 5.41) is 9.38. The third-order valence-corrected chi connectivity index (χ3v) is 6.40. The lowest BCUT2D eigenvalue weighted by molar-refractivity contribution is -0.236. The number of carbonyl (C=O) groups is 5. The number of carboxylic acid groups (broad SMARTS) is 1. The Morgan fingerprint density at radius 2 is 1.29 bits per heavy atom. The van der Waals surface area contributed by atoms with Gasteiger partial charge < -0.3 is 28.8 Å². The second-order valence-electron chi connectivity index (χ2n) is 8.15. The number of carboxylic acids is 1. The van der Waals surface area contributed by atoms with Gasteiger partial charge in [0.15, 0.2) is 18.3 Å². The summed E-state index contributed by atoms with van der Waals surface area (Å²) in [4.78, 5) is 60.9. The summed E-state index contributed by atoms with van der Waals surface area (Å²) in [5.74, 6) is -4.44. The molecule has 1 heterocycles. The highest BCUT2D eigenvalue weighted by molar-refractivity contribution is 7.99. The van der Waals surface area contributed by atoms with Gasteiger partial charge in [0.2, 0.25) is 0 Å². The van der Waals surface area contributed by atoms with Crippen LogP contribution in [0.15, 0.2) is 59.5 Å². The minimum atomic E-state index is -1.32. The molecular formula is C26H26O11S. The molecule has 3 rings (SSSR count). The van der Waals surface area contributed by atoms with Gasteiger partial charge in [-0.2, -0.15) is 0 Å². The van der Waals surface area contributed by atoms with Crippen LogP contribution in [-0.4, -0.2) is 71.4 Å². The largest absolute Gasteiger partial charge is 0.478 e. The van der Waals surface area contributed by atoms with E-state index in [2.05, 4.69) is 0 Å². The molecule has 1 aliphatic rings. The van der Waals surface area contributed by atoms with E-state index in [1.807, 2.05) is 6.07 Å². The number of esters is 4. The zero-order valence-electron chi connectivity index (χ0n) is 20.7. The van der Waals surface area contributed by atoms with Crippen LogP contribution >= 0.6 is 11.8 Å². The van der Waals surface area contributed by atoms with Crippen LogP contribution in [0.5, 0.6) is 0 Å². The van der Waals surface area contributed by atoms with E-state index in [1.165, 1.54) is 31.2 Å². The van der Waals surface area contributed by atoms with Crippen molar-refractivity contribution in [2.24, 2.45) is 0 Å². The molecule has 0 saturated carbocycles. The number of ether oxygens (including phenoxy) is 5. The van der Waals surface area contributed by atoms with Gasteiger partial charge in [-0.3, -0.25) is 14.4 Å². The SMILES string of the molecule is CC(=O)O[C@@H]1[C@H](OC(C)=O)[C@@H](Sc2ccccc2)O[C@H](COC(=O)c2ccccc2C(=O)O)[C@H]1OC(C)=O. The van der Waals surface area contributed by atoms with Crippen LogP contribution in [0.25, 0.3) is 0 Å². The number of thioether (sulfide) groups is 1. The fraction of sp³-hybridized carbons (Fsp3) is 0.346. The Balaban J connectivity index is 1.94. The van der Waals surface area contributed by atoms with E-state index in [1.54, 1.807) is 24.3 Å². The molecule has 1 fully saturated rings. The quantitative estimate of drug-likeness (QED) is 0.364. The molecule has 1 saturated heterocycles.